The van der Waals surface area contributed by atoms with Gasteiger partial charge in [0.15, 0.2) is 0 Å². The van der Waals surface area contributed by atoms with Crippen LogP contribution >= 0.6 is 0 Å². The number of esters is 1. The number of carbonyl (C=O) groups excluding carboxylic acids is 1. The number of benzene rings is 2. The van der Waals surface area contributed by atoms with Crippen LogP contribution in [-0.4, -0.2) is 16.2 Å². The van der Waals surface area contributed by atoms with Crippen molar-refractivity contribution in [3.8, 4) is 17.4 Å². The molecule has 1 atom stereocenters. The van der Waals surface area contributed by atoms with Crippen molar-refractivity contribution in [3.63, 3.8) is 0 Å². The smallest absolute Gasteiger partial charge is 0.323 e. The Labute approximate surface area is 190 Å². The van der Waals surface area contributed by atoms with E-state index in [1.165, 1.54) is 5.56 Å². The number of nitrogens with zero attached hydrogens (tertiary/aromatic N) is 1. The van der Waals surface area contributed by atoms with E-state index in [2.05, 4.69) is 63.9 Å². The lowest BCUT2D eigenvalue weighted by Gasteiger charge is -2.27. The Kier molecular flexibility index (Phi) is 5.19. The highest BCUT2D eigenvalue weighted by molar-refractivity contribution is 5.90. The number of aryl methyl sites for hydroxylation is 2. The van der Waals surface area contributed by atoms with Gasteiger partial charge in [-0.3, -0.25) is 4.79 Å². The summed E-state index contributed by atoms with van der Waals surface area (Å²) < 4.78 is 11.9. The van der Waals surface area contributed by atoms with Crippen molar-refractivity contribution in [1.82, 2.24) is 10.2 Å². The molecule has 1 N–H and O–H groups in total. The minimum atomic E-state index is -0.452. The average Bonchev–Trinajstić information content (AvgIpc) is 3.28. The summed E-state index contributed by atoms with van der Waals surface area (Å²) >= 11 is 0. The first-order valence-corrected chi connectivity index (χ1v) is 11.0. The molecule has 0 amide bonds. The number of hydrogen-bond donors (Lipinski definition) is 1. The minimum Gasteiger partial charge on any atom is -0.439 e. The van der Waals surface area contributed by atoms with Crippen LogP contribution in [-0.2, 0) is 15.6 Å². The molecule has 0 saturated carbocycles. The zero-order valence-corrected chi connectivity index (χ0v) is 20.2. The van der Waals surface area contributed by atoms with Gasteiger partial charge in [0, 0.05) is 17.2 Å². The summed E-state index contributed by atoms with van der Waals surface area (Å²) in [5, 5.41) is 6.76. The molecular weight excluding hydrogens is 400 g/mol. The third kappa shape index (κ3) is 3.92. The van der Waals surface area contributed by atoms with Crippen LogP contribution in [0.15, 0.2) is 36.5 Å². The molecule has 168 valence electrons. The summed E-state index contributed by atoms with van der Waals surface area (Å²) in [5.74, 6) is 1.39. The van der Waals surface area contributed by atoms with Crippen molar-refractivity contribution in [2.75, 3.05) is 0 Å². The van der Waals surface area contributed by atoms with Crippen LogP contribution in [0.1, 0.15) is 80.8 Å². The Hall–Kier alpha value is -3.08. The molecule has 32 heavy (non-hydrogen) atoms. The second kappa shape index (κ2) is 7.51. The fourth-order valence-electron chi connectivity index (χ4n) is 4.29. The third-order valence-electron chi connectivity index (χ3n) is 6.04. The van der Waals surface area contributed by atoms with Gasteiger partial charge in [0.05, 0.1) is 6.20 Å². The van der Waals surface area contributed by atoms with E-state index in [0.717, 1.165) is 33.6 Å². The lowest BCUT2D eigenvalue weighted by atomic mass is 9.77. The molecule has 5 heteroatoms. The normalized spacial score (nSPS) is 16.1. The number of aromatic nitrogens is 2. The van der Waals surface area contributed by atoms with E-state index in [0.29, 0.717) is 11.6 Å². The topological polar surface area (TPSA) is 64.2 Å². The van der Waals surface area contributed by atoms with E-state index in [-0.39, 0.29) is 16.8 Å². The average molecular weight is 433 g/mol. The Morgan fingerprint density at radius 1 is 0.969 bits per heavy atom. The number of fused-ring (bicyclic) bond motifs is 1. The number of hydrogen-bond acceptors (Lipinski definition) is 4. The van der Waals surface area contributed by atoms with Gasteiger partial charge in [0.2, 0.25) is 5.88 Å². The molecule has 2 aromatic carbocycles. The Morgan fingerprint density at radius 2 is 1.62 bits per heavy atom. The molecule has 0 fully saturated rings. The Bertz CT molecular complexity index is 1160. The molecule has 1 aliphatic rings. The zero-order valence-electron chi connectivity index (χ0n) is 20.2. The van der Waals surface area contributed by atoms with Crippen LogP contribution in [0.3, 0.4) is 0 Å². The largest absolute Gasteiger partial charge is 0.439 e. The van der Waals surface area contributed by atoms with Gasteiger partial charge in [-0.15, -0.1) is 0 Å². The fraction of sp³-hybridized carbons (Fsp3) is 0.407. The monoisotopic (exact) mass is 432 g/mol. The zero-order chi connectivity index (χ0) is 23.4. The van der Waals surface area contributed by atoms with Crippen LogP contribution in [0.4, 0.5) is 0 Å². The first-order valence-electron chi connectivity index (χ1n) is 11.0. The molecule has 5 nitrogen and oxygen atoms in total. The molecule has 0 aliphatic carbocycles. The molecule has 0 saturated heterocycles. The van der Waals surface area contributed by atoms with Gasteiger partial charge in [-0.05, 0) is 46.9 Å². The molecule has 1 unspecified atom stereocenters. The third-order valence-corrected chi connectivity index (χ3v) is 6.04. The predicted molar refractivity (Wildman–Crippen MR) is 126 cm³/mol. The Morgan fingerprint density at radius 3 is 2.16 bits per heavy atom. The lowest BCUT2D eigenvalue weighted by Crippen LogP contribution is -2.17. The molecule has 3 aromatic rings. The maximum atomic E-state index is 13.2. The first kappa shape index (κ1) is 22.1. The molecule has 0 radical (unpaired) electrons. The van der Waals surface area contributed by atoms with E-state index in [9.17, 15) is 4.79 Å². The fourth-order valence-corrected chi connectivity index (χ4v) is 4.29. The summed E-state index contributed by atoms with van der Waals surface area (Å²) in [7, 11) is 0. The maximum absolute atomic E-state index is 13.2. The standard InChI is InChI=1S/C27H32N2O3/c1-15-11-17(12-16(2)23(15)31-21-9-10-28-29-21)22-19-13-18(26(3,4)5)14-20(27(6,7)8)24(19)32-25(22)30/h9-14,22H,1-8H3,(H,28,29). The van der Waals surface area contributed by atoms with Crippen molar-refractivity contribution < 1.29 is 14.3 Å². The van der Waals surface area contributed by atoms with Crippen molar-refractivity contribution >= 4 is 5.97 Å². The molecule has 2 heterocycles. The van der Waals surface area contributed by atoms with Crippen molar-refractivity contribution in [3.05, 3.63) is 69.9 Å². The number of aromatic amines is 1. The van der Waals surface area contributed by atoms with Crippen LogP contribution in [0, 0.1) is 13.8 Å². The second-order valence-electron chi connectivity index (χ2n) is 10.8. The van der Waals surface area contributed by atoms with E-state index in [1.807, 2.05) is 26.0 Å². The lowest BCUT2D eigenvalue weighted by molar-refractivity contribution is -0.133. The molecule has 1 aliphatic heterocycles. The van der Waals surface area contributed by atoms with E-state index >= 15 is 0 Å². The summed E-state index contributed by atoms with van der Waals surface area (Å²) in [5.41, 5.74) is 5.88. The van der Waals surface area contributed by atoms with Crippen molar-refractivity contribution in [2.24, 2.45) is 0 Å². The number of ether oxygens (including phenoxy) is 2. The highest BCUT2D eigenvalue weighted by Gasteiger charge is 2.39. The first-order chi connectivity index (χ1) is 14.9. The quantitative estimate of drug-likeness (QED) is 0.381. The highest BCUT2D eigenvalue weighted by Crippen LogP contribution is 2.48. The van der Waals surface area contributed by atoms with E-state index in [4.69, 9.17) is 9.47 Å². The van der Waals surface area contributed by atoms with Crippen molar-refractivity contribution in [1.29, 1.82) is 0 Å². The highest BCUT2D eigenvalue weighted by atomic mass is 16.5. The van der Waals surface area contributed by atoms with Crippen molar-refractivity contribution in [2.45, 2.75) is 72.1 Å². The predicted octanol–water partition coefficient (Wildman–Crippen LogP) is 6.46. The van der Waals surface area contributed by atoms with Crippen LogP contribution in [0.2, 0.25) is 0 Å². The van der Waals surface area contributed by atoms with Gasteiger partial charge < -0.3 is 9.47 Å². The van der Waals surface area contributed by atoms with Crippen LogP contribution in [0.5, 0.6) is 17.4 Å². The number of carbonyl (C=O) groups is 1. The molecule has 4 rings (SSSR count). The molecule has 0 spiro atoms. The van der Waals surface area contributed by atoms with Gasteiger partial charge in [-0.25, -0.2) is 5.10 Å². The summed E-state index contributed by atoms with van der Waals surface area (Å²) in [4.78, 5) is 13.2. The number of rotatable bonds is 3. The molecular formula is C27H32N2O3. The summed E-state index contributed by atoms with van der Waals surface area (Å²) in [6.45, 7) is 17.1. The van der Waals surface area contributed by atoms with Crippen LogP contribution < -0.4 is 9.47 Å². The SMILES string of the molecule is Cc1cc(C2C(=O)Oc3c2cc(C(C)(C)C)cc3C(C)(C)C)cc(C)c1Oc1ccn[nH]1. The minimum absolute atomic E-state index is 0.0428. The maximum Gasteiger partial charge on any atom is 0.323 e. The van der Waals surface area contributed by atoms with Crippen LogP contribution in [0.25, 0.3) is 0 Å². The summed E-state index contributed by atoms with van der Waals surface area (Å²) in [6, 6.07) is 10.2. The number of nitrogens with one attached hydrogen (secondary N) is 1. The molecule has 0 bridgehead atoms. The summed E-state index contributed by atoms with van der Waals surface area (Å²) in [6.07, 6.45) is 1.65. The van der Waals surface area contributed by atoms with Gasteiger partial charge in [0.1, 0.15) is 17.4 Å². The Balaban J connectivity index is 1.84. The van der Waals surface area contributed by atoms with E-state index < -0.39 is 5.92 Å². The van der Waals surface area contributed by atoms with Gasteiger partial charge in [-0.2, -0.15) is 5.10 Å². The molecule has 1 aromatic heterocycles. The van der Waals surface area contributed by atoms with Gasteiger partial charge in [-0.1, -0.05) is 65.8 Å². The van der Waals surface area contributed by atoms with Gasteiger partial charge >= 0.3 is 5.97 Å². The van der Waals surface area contributed by atoms with E-state index in [1.54, 1.807) is 12.3 Å². The number of H-pyrrole nitrogens is 1. The second-order valence-corrected chi connectivity index (χ2v) is 10.8. The van der Waals surface area contributed by atoms with Gasteiger partial charge in [0.25, 0.3) is 0 Å².